The van der Waals surface area contributed by atoms with Gasteiger partial charge in [0.1, 0.15) is 25.1 Å². The van der Waals surface area contributed by atoms with Crippen LogP contribution in [0.1, 0.15) is 15.9 Å². The molecule has 2 aromatic carbocycles. The van der Waals surface area contributed by atoms with E-state index in [2.05, 4.69) is 16.4 Å². The first-order valence-electron chi connectivity index (χ1n) is 9.64. The van der Waals surface area contributed by atoms with Crippen molar-refractivity contribution < 1.29 is 19.0 Å². The zero-order valence-electron chi connectivity index (χ0n) is 15.8. The molecule has 0 saturated heterocycles. The molecule has 0 bridgehead atoms. The van der Waals surface area contributed by atoms with Crippen molar-refractivity contribution in [2.24, 2.45) is 0 Å². The first-order chi connectivity index (χ1) is 14.3. The van der Waals surface area contributed by atoms with E-state index in [9.17, 15) is 4.79 Å². The molecule has 5 rings (SSSR count). The molecule has 1 N–H and O–H groups in total. The molecule has 0 radical (unpaired) electrons. The number of benzene rings is 2. The second-order valence-electron chi connectivity index (χ2n) is 7.08. The quantitative estimate of drug-likeness (QED) is 0.743. The molecule has 1 aromatic heterocycles. The number of pyridine rings is 1. The second kappa shape index (κ2) is 7.47. The minimum absolute atomic E-state index is 0.0877. The average Bonchev–Trinajstić information content (AvgIpc) is 3.20. The Kier molecular flexibility index (Phi) is 4.52. The van der Waals surface area contributed by atoms with Gasteiger partial charge in [0.05, 0.1) is 6.54 Å². The maximum absolute atomic E-state index is 12.5. The summed E-state index contributed by atoms with van der Waals surface area (Å²) in [6, 6.07) is 15.3. The van der Waals surface area contributed by atoms with Gasteiger partial charge < -0.3 is 19.5 Å². The molecule has 2 aliphatic heterocycles. The number of ether oxygens (including phenoxy) is 3. The van der Waals surface area contributed by atoms with Crippen molar-refractivity contribution in [3.8, 4) is 28.4 Å². The van der Waals surface area contributed by atoms with Crippen LogP contribution in [0.2, 0.25) is 0 Å². The maximum Gasteiger partial charge on any atom is 0.251 e. The number of carbonyl (C=O) groups excluding carboxylic acids is 1. The highest BCUT2D eigenvalue weighted by molar-refractivity contribution is 5.94. The fourth-order valence-electron chi connectivity index (χ4n) is 3.64. The van der Waals surface area contributed by atoms with Crippen molar-refractivity contribution in [2.45, 2.75) is 12.5 Å². The number of fused-ring (bicyclic) bond motifs is 2. The summed E-state index contributed by atoms with van der Waals surface area (Å²) in [5.41, 5.74) is 3.88. The van der Waals surface area contributed by atoms with Gasteiger partial charge in [-0.25, -0.2) is 0 Å². The summed E-state index contributed by atoms with van der Waals surface area (Å²) in [6.45, 7) is 1.46. The predicted octanol–water partition coefficient (Wildman–Crippen LogP) is 3.25. The Balaban J connectivity index is 1.22. The number of nitrogens with one attached hydrogen (secondary N) is 1. The average molecular weight is 388 g/mol. The van der Waals surface area contributed by atoms with E-state index < -0.39 is 0 Å². The minimum Gasteiger partial charge on any atom is -0.488 e. The fraction of sp³-hybridized carbons (Fsp3) is 0.217. The third-order valence-corrected chi connectivity index (χ3v) is 5.09. The Morgan fingerprint density at radius 2 is 1.86 bits per heavy atom. The van der Waals surface area contributed by atoms with Gasteiger partial charge in [0, 0.05) is 29.9 Å². The van der Waals surface area contributed by atoms with Crippen LogP contribution in [0.3, 0.4) is 0 Å². The summed E-state index contributed by atoms with van der Waals surface area (Å²) < 4.78 is 17.0. The van der Waals surface area contributed by atoms with E-state index in [0.717, 1.165) is 28.9 Å². The van der Waals surface area contributed by atoms with E-state index in [4.69, 9.17) is 14.2 Å². The first kappa shape index (κ1) is 17.6. The topological polar surface area (TPSA) is 69.7 Å². The molecule has 0 saturated carbocycles. The van der Waals surface area contributed by atoms with E-state index in [1.807, 2.05) is 30.5 Å². The van der Waals surface area contributed by atoms with Crippen LogP contribution in [0.5, 0.6) is 17.2 Å². The van der Waals surface area contributed by atoms with Crippen molar-refractivity contribution in [2.75, 3.05) is 19.8 Å². The molecule has 3 aromatic rings. The molecule has 3 heterocycles. The molecule has 0 aliphatic carbocycles. The van der Waals surface area contributed by atoms with E-state index in [-0.39, 0.29) is 12.0 Å². The monoisotopic (exact) mass is 388 g/mol. The molecule has 0 spiro atoms. The van der Waals surface area contributed by atoms with E-state index >= 15 is 0 Å². The van der Waals surface area contributed by atoms with Gasteiger partial charge in [-0.05, 0) is 47.5 Å². The van der Waals surface area contributed by atoms with Crippen molar-refractivity contribution in [3.63, 3.8) is 0 Å². The lowest BCUT2D eigenvalue weighted by Crippen LogP contribution is -2.34. The number of nitrogens with zero attached hydrogens (tertiary/aromatic N) is 1. The highest BCUT2D eigenvalue weighted by Crippen LogP contribution is 2.33. The van der Waals surface area contributed by atoms with Gasteiger partial charge in [-0.2, -0.15) is 0 Å². The summed E-state index contributed by atoms with van der Waals surface area (Å²) >= 11 is 0. The number of hydrogen-bond acceptors (Lipinski definition) is 5. The fourth-order valence-corrected chi connectivity index (χ4v) is 3.64. The van der Waals surface area contributed by atoms with Crippen LogP contribution < -0.4 is 19.5 Å². The number of hydrogen-bond donors (Lipinski definition) is 1. The lowest BCUT2D eigenvalue weighted by atomic mass is 10.0. The molecule has 29 heavy (non-hydrogen) atoms. The van der Waals surface area contributed by atoms with Crippen LogP contribution >= 0.6 is 0 Å². The molecule has 1 atom stereocenters. The summed E-state index contributed by atoms with van der Waals surface area (Å²) in [5, 5.41) is 2.96. The molecule has 1 amide bonds. The van der Waals surface area contributed by atoms with Crippen molar-refractivity contribution >= 4 is 5.91 Å². The zero-order chi connectivity index (χ0) is 19.6. The highest BCUT2D eigenvalue weighted by atomic mass is 16.6. The van der Waals surface area contributed by atoms with Gasteiger partial charge in [-0.3, -0.25) is 9.78 Å². The van der Waals surface area contributed by atoms with E-state index in [1.165, 1.54) is 0 Å². The molecular weight excluding hydrogens is 368 g/mol. The second-order valence-corrected chi connectivity index (χ2v) is 7.08. The van der Waals surface area contributed by atoms with E-state index in [0.29, 0.717) is 36.8 Å². The minimum atomic E-state index is -0.155. The van der Waals surface area contributed by atoms with Crippen LogP contribution in [-0.2, 0) is 6.42 Å². The zero-order valence-corrected chi connectivity index (χ0v) is 15.8. The Hall–Kier alpha value is -3.54. The third-order valence-electron chi connectivity index (χ3n) is 5.09. The van der Waals surface area contributed by atoms with Crippen LogP contribution in [0, 0.1) is 0 Å². The van der Waals surface area contributed by atoms with Gasteiger partial charge in [0.2, 0.25) is 0 Å². The number of aromatic nitrogens is 1. The van der Waals surface area contributed by atoms with Crippen LogP contribution in [0.15, 0.2) is 60.9 Å². The molecular formula is C23H20N2O4. The Morgan fingerprint density at radius 1 is 1.00 bits per heavy atom. The number of carbonyl (C=O) groups is 1. The smallest absolute Gasteiger partial charge is 0.251 e. The highest BCUT2D eigenvalue weighted by Gasteiger charge is 2.24. The van der Waals surface area contributed by atoms with E-state index in [1.54, 1.807) is 24.4 Å². The summed E-state index contributed by atoms with van der Waals surface area (Å²) in [7, 11) is 0. The van der Waals surface area contributed by atoms with Gasteiger partial charge in [0.25, 0.3) is 5.91 Å². The molecule has 1 unspecified atom stereocenters. The largest absolute Gasteiger partial charge is 0.488 e. The predicted molar refractivity (Wildman–Crippen MR) is 108 cm³/mol. The summed E-state index contributed by atoms with van der Waals surface area (Å²) in [5.74, 6) is 2.00. The molecule has 6 heteroatoms. The standard InChI is InChI=1S/C23H20N2O4/c26-23(16-4-6-21-22(12-16)28-9-8-27-21)25-14-19-11-18-10-15(3-5-20(18)29-19)17-2-1-7-24-13-17/h1-7,10,12-13,19H,8-9,11,14H2,(H,25,26). The Labute approximate surface area is 168 Å². The van der Waals surface area contributed by atoms with Crippen molar-refractivity contribution in [1.82, 2.24) is 10.3 Å². The van der Waals surface area contributed by atoms with Crippen molar-refractivity contribution in [1.29, 1.82) is 0 Å². The summed E-state index contributed by atoms with van der Waals surface area (Å²) in [4.78, 5) is 16.7. The lowest BCUT2D eigenvalue weighted by molar-refractivity contribution is 0.0932. The SMILES string of the molecule is O=C(NCC1Cc2cc(-c3cccnc3)ccc2O1)c1ccc2c(c1)OCCO2. The van der Waals surface area contributed by atoms with Crippen molar-refractivity contribution in [3.05, 3.63) is 72.1 Å². The first-order valence-corrected chi connectivity index (χ1v) is 9.64. The number of amides is 1. The molecule has 146 valence electrons. The molecule has 0 fully saturated rings. The van der Waals surface area contributed by atoms with Crippen LogP contribution in [0.25, 0.3) is 11.1 Å². The van der Waals surface area contributed by atoms with Gasteiger partial charge in [0.15, 0.2) is 11.5 Å². The molecule has 6 nitrogen and oxygen atoms in total. The van der Waals surface area contributed by atoms with Crippen LogP contribution in [-0.4, -0.2) is 36.8 Å². The van der Waals surface area contributed by atoms with Gasteiger partial charge in [-0.15, -0.1) is 0 Å². The van der Waals surface area contributed by atoms with Gasteiger partial charge >= 0.3 is 0 Å². The third kappa shape index (κ3) is 3.61. The van der Waals surface area contributed by atoms with Crippen LogP contribution in [0.4, 0.5) is 0 Å². The number of rotatable bonds is 4. The Bertz CT molecular complexity index is 1050. The summed E-state index contributed by atoms with van der Waals surface area (Å²) in [6.07, 6.45) is 4.28. The Morgan fingerprint density at radius 3 is 2.72 bits per heavy atom. The lowest BCUT2D eigenvalue weighted by Gasteiger charge is -2.19. The molecule has 2 aliphatic rings. The maximum atomic E-state index is 12.5. The van der Waals surface area contributed by atoms with Gasteiger partial charge in [-0.1, -0.05) is 12.1 Å². The normalized spacial score (nSPS) is 16.6.